The molecule has 2 heterocycles. The second-order valence-corrected chi connectivity index (χ2v) is 11.6. The predicted octanol–water partition coefficient (Wildman–Crippen LogP) is 5.95. The molecule has 0 spiro atoms. The highest BCUT2D eigenvalue weighted by Crippen LogP contribution is 2.44. The number of carbonyl (C=O) groups excluding carboxylic acids is 2. The van der Waals surface area contributed by atoms with Crippen LogP contribution in [0.1, 0.15) is 54.9 Å². The maximum atomic E-state index is 13.0. The lowest BCUT2D eigenvalue weighted by Gasteiger charge is -2.33. The smallest absolute Gasteiger partial charge is 0.341 e. The lowest BCUT2D eigenvalue weighted by Crippen LogP contribution is -2.26. The van der Waals surface area contributed by atoms with Gasteiger partial charge in [-0.15, -0.1) is 11.3 Å². The molecule has 0 aliphatic heterocycles. The lowest BCUT2D eigenvalue weighted by molar-refractivity contribution is -0.115. The number of anilines is 1. The van der Waals surface area contributed by atoms with Crippen LogP contribution < -0.4 is 5.32 Å². The van der Waals surface area contributed by atoms with Crippen LogP contribution >= 0.6 is 23.1 Å². The van der Waals surface area contributed by atoms with Crippen LogP contribution in [0, 0.1) is 11.3 Å². The van der Waals surface area contributed by atoms with E-state index in [0.717, 1.165) is 30.3 Å². The van der Waals surface area contributed by atoms with Crippen molar-refractivity contribution in [3.63, 3.8) is 0 Å². The Morgan fingerprint density at radius 2 is 2.06 bits per heavy atom. The number of benzene rings is 1. The quantitative estimate of drug-likeness (QED) is 0.365. The summed E-state index contributed by atoms with van der Waals surface area (Å²) in [5.41, 5.74) is 3.18. The van der Waals surface area contributed by atoms with Crippen LogP contribution in [0.4, 0.5) is 5.00 Å². The molecule has 2 aromatic heterocycles. The molecule has 0 radical (unpaired) electrons. The second kappa shape index (κ2) is 8.90. The molecule has 8 heteroatoms. The number of ether oxygens (including phenoxy) is 1. The molecule has 1 N–H and O–H groups in total. The molecule has 6 nitrogen and oxygen atoms in total. The fraction of sp³-hybridized carbons (Fsp3) is 0.458. The summed E-state index contributed by atoms with van der Waals surface area (Å²) in [6.45, 7) is 8.57. The minimum atomic E-state index is -0.449. The standard InChI is InChI=1S/C24H28N2O4S2/c1-13(31-23-25-16-8-6-7-9-17(16)30-23)20(27)26-21-19(22(28)29-5)15-11-10-14(24(2,3)4)12-18(15)32-21/h6-9,13-14H,10-12H2,1-5H3,(H,26,27). The van der Waals surface area contributed by atoms with E-state index in [4.69, 9.17) is 9.15 Å². The van der Waals surface area contributed by atoms with Gasteiger partial charge in [0.2, 0.25) is 5.91 Å². The van der Waals surface area contributed by atoms with Crippen LogP contribution in [-0.4, -0.2) is 29.2 Å². The number of hydrogen-bond acceptors (Lipinski definition) is 7. The Morgan fingerprint density at radius 3 is 2.75 bits per heavy atom. The number of amides is 1. The van der Waals surface area contributed by atoms with Crippen LogP contribution in [0.25, 0.3) is 11.1 Å². The van der Waals surface area contributed by atoms with E-state index in [-0.39, 0.29) is 11.3 Å². The van der Waals surface area contributed by atoms with Gasteiger partial charge in [0.1, 0.15) is 10.5 Å². The number of thiophene rings is 1. The highest BCUT2D eigenvalue weighted by molar-refractivity contribution is 8.00. The zero-order chi connectivity index (χ0) is 23.0. The van der Waals surface area contributed by atoms with Gasteiger partial charge in [-0.2, -0.15) is 0 Å². The summed E-state index contributed by atoms with van der Waals surface area (Å²) < 4.78 is 10.8. The fourth-order valence-corrected chi connectivity index (χ4v) is 6.13. The SMILES string of the molecule is COC(=O)c1c(NC(=O)C(C)Sc2nc3ccccc3o2)sc2c1CCC(C(C)(C)C)C2. The average Bonchev–Trinajstić information content (AvgIpc) is 3.31. The van der Waals surface area contributed by atoms with E-state index in [1.54, 1.807) is 6.92 Å². The number of nitrogens with one attached hydrogen (secondary N) is 1. The average molecular weight is 473 g/mol. The normalized spacial score (nSPS) is 17.1. The first kappa shape index (κ1) is 22.9. The van der Waals surface area contributed by atoms with Crippen LogP contribution in [0.2, 0.25) is 0 Å². The van der Waals surface area contributed by atoms with Crippen molar-refractivity contribution in [3.05, 3.63) is 40.3 Å². The Labute approximate surface area is 196 Å². The van der Waals surface area contributed by atoms with Gasteiger partial charge in [-0.05, 0) is 55.2 Å². The molecule has 2 unspecified atom stereocenters. The van der Waals surface area contributed by atoms with E-state index in [1.807, 2.05) is 24.3 Å². The highest BCUT2D eigenvalue weighted by atomic mass is 32.2. The molecule has 0 saturated carbocycles. The summed E-state index contributed by atoms with van der Waals surface area (Å²) in [7, 11) is 1.38. The zero-order valence-corrected chi connectivity index (χ0v) is 20.6. The minimum absolute atomic E-state index is 0.196. The van der Waals surface area contributed by atoms with E-state index < -0.39 is 11.2 Å². The molecular formula is C24H28N2O4S2. The number of methoxy groups -OCH3 is 1. The van der Waals surface area contributed by atoms with Gasteiger partial charge in [0, 0.05) is 4.88 Å². The Balaban J connectivity index is 1.54. The number of fused-ring (bicyclic) bond motifs is 2. The summed E-state index contributed by atoms with van der Waals surface area (Å²) >= 11 is 2.75. The zero-order valence-electron chi connectivity index (χ0n) is 19.0. The Morgan fingerprint density at radius 1 is 1.31 bits per heavy atom. The first-order valence-corrected chi connectivity index (χ1v) is 12.4. The summed E-state index contributed by atoms with van der Waals surface area (Å²) in [5.74, 6) is -0.0593. The molecule has 1 aliphatic rings. The van der Waals surface area contributed by atoms with Crippen LogP contribution in [0.5, 0.6) is 0 Å². The van der Waals surface area contributed by atoms with Crippen molar-refractivity contribution in [2.24, 2.45) is 11.3 Å². The van der Waals surface area contributed by atoms with Crippen molar-refractivity contribution in [1.29, 1.82) is 0 Å². The predicted molar refractivity (Wildman–Crippen MR) is 129 cm³/mol. The number of rotatable bonds is 5. The fourth-order valence-electron chi connectivity index (χ4n) is 4.05. The van der Waals surface area contributed by atoms with Crippen LogP contribution in [0.3, 0.4) is 0 Å². The Bertz CT molecular complexity index is 1130. The summed E-state index contributed by atoms with van der Waals surface area (Å²) in [6, 6.07) is 7.50. The second-order valence-electron chi connectivity index (χ2n) is 9.20. The van der Waals surface area contributed by atoms with E-state index >= 15 is 0 Å². The van der Waals surface area contributed by atoms with Gasteiger partial charge in [-0.3, -0.25) is 4.79 Å². The van der Waals surface area contributed by atoms with E-state index in [0.29, 0.717) is 27.3 Å². The Kier molecular flexibility index (Phi) is 6.36. The van der Waals surface area contributed by atoms with Gasteiger partial charge in [0.05, 0.1) is 17.9 Å². The lowest BCUT2D eigenvalue weighted by atomic mass is 9.72. The summed E-state index contributed by atoms with van der Waals surface area (Å²) in [5, 5.41) is 3.55. The van der Waals surface area contributed by atoms with Gasteiger partial charge in [0.25, 0.3) is 5.22 Å². The van der Waals surface area contributed by atoms with Gasteiger partial charge in [0.15, 0.2) is 5.58 Å². The van der Waals surface area contributed by atoms with Crippen molar-refractivity contribution in [2.45, 2.75) is 57.4 Å². The molecule has 0 fully saturated rings. The molecule has 4 rings (SSSR count). The van der Waals surface area contributed by atoms with Gasteiger partial charge >= 0.3 is 5.97 Å². The first-order chi connectivity index (χ1) is 15.2. The molecule has 1 aliphatic carbocycles. The van der Waals surface area contributed by atoms with E-state index in [9.17, 15) is 9.59 Å². The minimum Gasteiger partial charge on any atom is -0.465 e. The maximum absolute atomic E-state index is 13.0. The van der Waals surface area contributed by atoms with Crippen LogP contribution in [-0.2, 0) is 22.4 Å². The Hall–Kier alpha value is -2.32. The number of para-hydroxylation sites is 2. The first-order valence-electron chi connectivity index (χ1n) is 10.7. The number of carbonyl (C=O) groups is 2. The van der Waals surface area contributed by atoms with Crippen LogP contribution in [0.15, 0.2) is 33.9 Å². The van der Waals surface area contributed by atoms with Crippen molar-refractivity contribution in [1.82, 2.24) is 4.98 Å². The van der Waals surface area contributed by atoms with Crippen molar-refractivity contribution in [3.8, 4) is 0 Å². The molecule has 2 atom stereocenters. The van der Waals surface area contributed by atoms with Gasteiger partial charge in [-0.1, -0.05) is 44.7 Å². The molecule has 0 saturated heterocycles. The molecule has 0 bridgehead atoms. The topological polar surface area (TPSA) is 81.4 Å². The third-order valence-corrected chi connectivity index (χ3v) is 8.15. The largest absolute Gasteiger partial charge is 0.465 e. The maximum Gasteiger partial charge on any atom is 0.341 e. The molecule has 170 valence electrons. The molecule has 3 aromatic rings. The highest BCUT2D eigenvalue weighted by Gasteiger charge is 2.34. The number of thioether (sulfide) groups is 1. The summed E-state index contributed by atoms with van der Waals surface area (Å²) in [6.07, 6.45) is 2.76. The van der Waals surface area contributed by atoms with Crippen molar-refractivity contribution < 1.29 is 18.7 Å². The van der Waals surface area contributed by atoms with E-state index in [1.165, 1.54) is 35.1 Å². The monoisotopic (exact) mass is 472 g/mol. The third-order valence-electron chi connectivity index (χ3n) is 6.04. The van der Waals surface area contributed by atoms with E-state index in [2.05, 4.69) is 31.1 Å². The summed E-state index contributed by atoms with van der Waals surface area (Å²) in [4.78, 5) is 31.2. The number of oxazole rings is 1. The number of hydrogen-bond donors (Lipinski definition) is 1. The van der Waals surface area contributed by atoms with Crippen molar-refractivity contribution >= 4 is 51.1 Å². The molecule has 1 amide bonds. The number of nitrogens with zero attached hydrogens (tertiary/aromatic N) is 1. The van der Waals surface area contributed by atoms with Crippen molar-refractivity contribution in [2.75, 3.05) is 12.4 Å². The molecule has 1 aromatic carbocycles. The van der Waals surface area contributed by atoms with Gasteiger partial charge < -0.3 is 14.5 Å². The third kappa shape index (κ3) is 4.57. The number of aromatic nitrogens is 1. The molecule has 32 heavy (non-hydrogen) atoms. The van der Waals surface area contributed by atoms with Gasteiger partial charge in [-0.25, -0.2) is 9.78 Å². The number of esters is 1. The molecular weight excluding hydrogens is 444 g/mol.